The molecule has 6 heteroatoms. The van der Waals surface area contributed by atoms with Gasteiger partial charge in [0, 0.05) is 50.8 Å². The Balaban J connectivity index is 1.22. The molecule has 5 nitrogen and oxygen atoms in total. The third-order valence-corrected chi connectivity index (χ3v) is 18.0. The van der Waals surface area contributed by atoms with E-state index in [4.69, 9.17) is 15.0 Å². The van der Waals surface area contributed by atoms with E-state index in [9.17, 15) is 0 Å². The second kappa shape index (κ2) is 21.2. The normalized spacial score (nSPS) is 13.6. The van der Waals surface area contributed by atoms with Crippen LogP contribution in [0.1, 0.15) is 158 Å². The Kier molecular flexibility index (Phi) is 14.4. The van der Waals surface area contributed by atoms with Crippen molar-refractivity contribution in [1.29, 1.82) is 0 Å². The van der Waals surface area contributed by atoms with Crippen LogP contribution in [0.5, 0.6) is 0 Å². The molecule has 9 aromatic carbocycles. The van der Waals surface area contributed by atoms with Crippen molar-refractivity contribution in [3.63, 3.8) is 0 Å². The van der Waals surface area contributed by atoms with Gasteiger partial charge in [-0.25, -0.2) is 15.0 Å². The fraction of sp³-hybridized carbons (Fsp3) is 0.296. The van der Waals surface area contributed by atoms with Crippen molar-refractivity contribution in [2.45, 2.75) is 157 Å². The van der Waals surface area contributed by atoms with Crippen LogP contribution in [0.25, 0.3) is 56.4 Å². The Morgan fingerprint density at radius 1 is 0.253 bits per heavy atom. The molecule has 0 saturated heterocycles. The summed E-state index contributed by atoms with van der Waals surface area (Å²) in [6.45, 7) is 41.2. The predicted octanol–water partition coefficient (Wildman–Crippen LogP) is 20.1. The van der Waals surface area contributed by atoms with Crippen molar-refractivity contribution in [3.05, 3.63) is 228 Å². The van der Waals surface area contributed by atoms with Crippen LogP contribution < -0.4 is 26.2 Å². The SMILES string of the molecule is CC(C)(C)c1ccc(N2c3cc(-c4ccccc4)ccc3B3c4ccc(-c5ccccc5)cc4N(c4ccc(C(C)(C)C)cc4)c4cc(-c5nc(-c6cc(C(C)(C)C)cc(C(C)(C)C)c6)nc(-c6cc(C(C)(C)C)cc(C(C)(C)C)c6)n5)cc2c43)cc1. The molecule has 0 fully saturated rings. The highest BCUT2D eigenvalue weighted by atomic mass is 15.2. The molecule has 12 rings (SSSR count). The maximum Gasteiger partial charge on any atom is 0.252 e. The Morgan fingerprint density at radius 3 is 0.839 bits per heavy atom. The van der Waals surface area contributed by atoms with Crippen molar-refractivity contribution in [2.75, 3.05) is 9.80 Å². The zero-order chi connectivity index (χ0) is 61.9. The standard InChI is InChI=1S/C81H86BN5/c1-76(2,3)58-31-35-64(36-32-58)86-68-45-53(51-25-21-19-22-26-51)29-39-66(68)82-67-40-30-54(52-27-23-20-24-28-52)46-69(67)87(65-37-33-59(34-38-65)77(4,5)6)71-48-57(47-70(86)72(71)82)75-84-73(55-41-60(78(7,8)9)49-61(42-55)79(10,11)12)83-74(85-75)56-43-62(80(13,14)15)50-63(44-56)81(16,17)18/h19-50H,1-18H3. The number of aromatic nitrogens is 3. The smallest absolute Gasteiger partial charge is 0.252 e. The van der Waals surface area contributed by atoms with E-state index in [2.05, 4.69) is 329 Å². The van der Waals surface area contributed by atoms with Crippen LogP contribution in [0.3, 0.4) is 0 Å². The predicted molar refractivity (Wildman–Crippen MR) is 373 cm³/mol. The van der Waals surface area contributed by atoms with Gasteiger partial charge in [-0.1, -0.05) is 246 Å². The van der Waals surface area contributed by atoms with E-state index in [0.717, 1.165) is 61.9 Å². The fourth-order valence-electron chi connectivity index (χ4n) is 12.5. The van der Waals surface area contributed by atoms with Crippen molar-refractivity contribution in [3.8, 4) is 56.4 Å². The molecule has 0 N–H and O–H groups in total. The first-order valence-corrected chi connectivity index (χ1v) is 31.4. The molecule has 87 heavy (non-hydrogen) atoms. The average molecular weight is 1140 g/mol. The van der Waals surface area contributed by atoms with E-state index < -0.39 is 0 Å². The Labute approximate surface area is 520 Å². The lowest BCUT2D eigenvalue weighted by molar-refractivity contribution is 0.568. The van der Waals surface area contributed by atoms with E-state index in [1.54, 1.807) is 0 Å². The van der Waals surface area contributed by atoms with E-state index in [1.165, 1.54) is 60.9 Å². The fourth-order valence-corrected chi connectivity index (χ4v) is 12.5. The highest BCUT2D eigenvalue weighted by Gasteiger charge is 2.44. The van der Waals surface area contributed by atoms with Crippen molar-refractivity contribution < 1.29 is 0 Å². The second-order valence-electron chi connectivity index (χ2n) is 30.8. The van der Waals surface area contributed by atoms with Crippen LogP contribution in [-0.2, 0) is 32.5 Å². The van der Waals surface area contributed by atoms with Crippen LogP contribution in [0.2, 0.25) is 0 Å². The molecule has 0 saturated carbocycles. The molecule has 2 aliphatic heterocycles. The molecule has 0 aliphatic carbocycles. The van der Waals surface area contributed by atoms with Gasteiger partial charge >= 0.3 is 0 Å². The molecule has 0 amide bonds. The first-order valence-electron chi connectivity index (χ1n) is 31.4. The molecule has 0 atom stereocenters. The molecule has 1 aromatic heterocycles. The van der Waals surface area contributed by atoms with Crippen LogP contribution in [0, 0.1) is 0 Å². The van der Waals surface area contributed by atoms with Gasteiger partial charge in [0.15, 0.2) is 17.5 Å². The molecule has 3 heterocycles. The van der Waals surface area contributed by atoms with Crippen LogP contribution in [0.15, 0.2) is 194 Å². The summed E-state index contributed by atoms with van der Waals surface area (Å²) in [6, 6.07) is 73.4. The molecule has 0 bridgehead atoms. The van der Waals surface area contributed by atoms with E-state index >= 15 is 0 Å². The van der Waals surface area contributed by atoms with Gasteiger partial charge in [-0.15, -0.1) is 0 Å². The lowest BCUT2D eigenvalue weighted by Crippen LogP contribution is -2.61. The molecular weight excluding hydrogens is 1050 g/mol. The quantitative estimate of drug-likeness (QED) is 0.149. The molecule has 2 aliphatic rings. The molecule has 0 spiro atoms. The Hall–Kier alpha value is -8.35. The topological polar surface area (TPSA) is 45.2 Å². The van der Waals surface area contributed by atoms with Crippen molar-refractivity contribution in [1.82, 2.24) is 15.0 Å². The number of hydrogen-bond donors (Lipinski definition) is 0. The molecular formula is C81H86BN5. The maximum absolute atomic E-state index is 5.76. The lowest BCUT2D eigenvalue weighted by atomic mass is 9.33. The Morgan fingerprint density at radius 2 is 0.540 bits per heavy atom. The van der Waals surface area contributed by atoms with E-state index in [1.807, 2.05) is 0 Å². The Bertz CT molecular complexity index is 3920. The summed E-state index contributed by atoms with van der Waals surface area (Å²) in [5, 5.41) is 0. The minimum atomic E-state index is -0.133. The lowest BCUT2D eigenvalue weighted by Gasteiger charge is -2.44. The van der Waals surface area contributed by atoms with E-state index in [-0.39, 0.29) is 39.2 Å². The zero-order valence-corrected chi connectivity index (χ0v) is 54.8. The molecule has 438 valence electrons. The van der Waals surface area contributed by atoms with Gasteiger partial charge in [-0.05, 0) is 177 Å². The average Bonchev–Trinajstić information content (AvgIpc) is 0.704. The number of nitrogens with zero attached hydrogens (tertiary/aromatic N) is 5. The largest absolute Gasteiger partial charge is 0.311 e. The third kappa shape index (κ3) is 11.4. The second-order valence-corrected chi connectivity index (χ2v) is 30.8. The highest BCUT2D eigenvalue weighted by Crippen LogP contribution is 2.48. The van der Waals surface area contributed by atoms with Gasteiger partial charge in [0.2, 0.25) is 0 Å². The number of hydrogen-bond acceptors (Lipinski definition) is 5. The summed E-state index contributed by atoms with van der Waals surface area (Å²) >= 11 is 0. The van der Waals surface area contributed by atoms with Gasteiger partial charge in [-0.2, -0.15) is 0 Å². The maximum atomic E-state index is 5.76. The van der Waals surface area contributed by atoms with Gasteiger partial charge in [0.25, 0.3) is 6.71 Å². The minimum absolute atomic E-state index is 0.0392. The van der Waals surface area contributed by atoms with Crippen LogP contribution in [0.4, 0.5) is 34.1 Å². The minimum Gasteiger partial charge on any atom is -0.311 e. The summed E-state index contributed by atoms with van der Waals surface area (Å²) in [5.41, 5.74) is 24.8. The number of benzene rings is 9. The molecule has 0 unspecified atom stereocenters. The third-order valence-electron chi connectivity index (χ3n) is 18.0. The van der Waals surface area contributed by atoms with Crippen LogP contribution >= 0.6 is 0 Å². The highest BCUT2D eigenvalue weighted by molar-refractivity contribution is 7.00. The molecule has 0 radical (unpaired) electrons. The zero-order valence-electron chi connectivity index (χ0n) is 54.8. The first kappa shape index (κ1) is 59.0. The number of anilines is 6. The summed E-state index contributed by atoms with van der Waals surface area (Å²) in [6.07, 6.45) is 0. The monoisotopic (exact) mass is 1140 g/mol. The molecule has 10 aromatic rings. The number of rotatable bonds is 7. The summed E-state index contributed by atoms with van der Waals surface area (Å²) in [7, 11) is 0. The summed E-state index contributed by atoms with van der Waals surface area (Å²) in [5.74, 6) is 1.91. The van der Waals surface area contributed by atoms with Gasteiger partial charge in [-0.3, -0.25) is 0 Å². The van der Waals surface area contributed by atoms with E-state index in [0.29, 0.717) is 17.5 Å². The van der Waals surface area contributed by atoms with Crippen LogP contribution in [-0.4, -0.2) is 21.7 Å². The first-order chi connectivity index (χ1) is 40.9. The van der Waals surface area contributed by atoms with Crippen molar-refractivity contribution >= 4 is 57.2 Å². The van der Waals surface area contributed by atoms with Gasteiger partial charge < -0.3 is 9.80 Å². The van der Waals surface area contributed by atoms with Gasteiger partial charge in [0.1, 0.15) is 0 Å². The summed E-state index contributed by atoms with van der Waals surface area (Å²) < 4.78 is 0. The summed E-state index contributed by atoms with van der Waals surface area (Å²) in [4.78, 5) is 22.2. The van der Waals surface area contributed by atoms with Gasteiger partial charge in [0.05, 0.1) is 0 Å². The number of fused-ring (bicyclic) bond motifs is 4. The van der Waals surface area contributed by atoms with Crippen molar-refractivity contribution in [2.24, 2.45) is 0 Å².